The van der Waals surface area contributed by atoms with Crippen LogP contribution in [0.1, 0.15) is 23.9 Å². The van der Waals surface area contributed by atoms with Gasteiger partial charge in [0.1, 0.15) is 11.6 Å². The van der Waals surface area contributed by atoms with Crippen LogP contribution in [0.25, 0.3) is 11.3 Å². The monoisotopic (exact) mass is 276 g/mol. The summed E-state index contributed by atoms with van der Waals surface area (Å²) in [5.41, 5.74) is 5.93. The van der Waals surface area contributed by atoms with E-state index in [4.69, 9.17) is 10.2 Å². The summed E-state index contributed by atoms with van der Waals surface area (Å²) in [6.07, 6.45) is 0.687. The zero-order valence-corrected chi connectivity index (χ0v) is 11.2. The molecule has 2 rings (SSSR count). The number of rotatable bonds is 5. The number of carbonyl (C=O) groups excluding carboxylic acids is 1. The van der Waals surface area contributed by atoms with Crippen molar-refractivity contribution in [2.24, 2.45) is 5.73 Å². The normalized spacial score (nSPS) is 12.2. The molecule has 5 heteroatoms. The summed E-state index contributed by atoms with van der Waals surface area (Å²) in [5, 5.41) is 2.70. The predicted molar refractivity (Wildman–Crippen MR) is 74.7 cm³/mol. The van der Waals surface area contributed by atoms with Gasteiger partial charge in [0, 0.05) is 12.6 Å². The van der Waals surface area contributed by atoms with E-state index < -0.39 is 0 Å². The number of hydrogen-bond donors (Lipinski definition) is 2. The predicted octanol–water partition coefficient (Wildman–Crippen LogP) is 2.55. The number of amides is 1. The Morgan fingerprint density at radius 1 is 1.35 bits per heavy atom. The van der Waals surface area contributed by atoms with E-state index in [1.54, 1.807) is 24.3 Å². The Labute approximate surface area is 116 Å². The molecule has 0 aliphatic heterocycles. The van der Waals surface area contributed by atoms with Crippen molar-refractivity contribution in [1.29, 1.82) is 0 Å². The molecule has 0 spiro atoms. The molecular weight excluding hydrogens is 259 g/mol. The molecule has 1 unspecified atom stereocenters. The molecule has 1 aromatic carbocycles. The molecule has 0 saturated heterocycles. The standard InChI is InChI=1S/C15H17FN2O2/c1-10(17)8-9-18-15(19)14-7-6-13(20-14)11-4-2-3-5-12(11)16/h2-7,10H,8-9,17H2,1H3,(H,18,19). The Balaban J connectivity index is 2.06. The lowest BCUT2D eigenvalue weighted by molar-refractivity contribution is 0.0926. The minimum absolute atomic E-state index is 0.0286. The smallest absolute Gasteiger partial charge is 0.287 e. The van der Waals surface area contributed by atoms with Crippen molar-refractivity contribution in [3.63, 3.8) is 0 Å². The van der Waals surface area contributed by atoms with E-state index >= 15 is 0 Å². The second kappa shape index (κ2) is 6.34. The Morgan fingerprint density at radius 3 is 2.80 bits per heavy atom. The molecule has 0 aliphatic carbocycles. The molecule has 0 bridgehead atoms. The molecule has 1 aromatic heterocycles. The van der Waals surface area contributed by atoms with Crippen LogP contribution in [-0.4, -0.2) is 18.5 Å². The van der Waals surface area contributed by atoms with E-state index in [0.717, 1.165) is 0 Å². The van der Waals surface area contributed by atoms with E-state index in [1.807, 2.05) is 6.92 Å². The molecular formula is C15H17FN2O2. The molecule has 3 N–H and O–H groups in total. The van der Waals surface area contributed by atoms with Crippen molar-refractivity contribution in [3.8, 4) is 11.3 Å². The maximum atomic E-state index is 13.6. The first-order valence-electron chi connectivity index (χ1n) is 6.46. The fourth-order valence-corrected chi connectivity index (χ4v) is 1.77. The summed E-state index contributed by atoms with van der Waals surface area (Å²) in [5.74, 6) is -0.215. The molecule has 0 fully saturated rings. The second-order valence-corrected chi connectivity index (χ2v) is 4.67. The molecule has 106 valence electrons. The van der Waals surface area contributed by atoms with Gasteiger partial charge in [0.15, 0.2) is 5.76 Å². The third kappa shape index (κ3) is 3.45. The Morgan fingerprint density at radius 2 is 2.10 bits per heavy atom. The summed E-state index contributed by atoms with van der Waals surface area (Å²) >= 11 is 0. The average molecular weight is 276 g/mol. The van der Waals surface area contributed by atoms with Crippen molar-refractivity contribution >= 4 is 5.91 Å². The van der Waals surface area contributed by atoms with Gasteiger partial charge in [-0.15, -0.1) is 0 Å². The molecule has 4 nitrogen and oxygen atoms in total. The van der Waals surface area contributed by atoms with Crippen LogP contribution in [0, 0.1) is 5.82 Å². The molecule has 20 heavy (non-hydrogen) atoms. The molecule has 1 heterocycles. The molecule has 2 aromatic rings. The fraction of sp³-hybridized carbons (Fsp3) is 0.267. The first-order valence-corrected chi connectivity index (χ1v) is 6.46. The van der Waals surface area contributed by atoms with Gasteiger partial charge in [-0.2, -0.15) is 0 Å². The zero-order valence-electron chi connectivity index (χ0n) is 11.2. The van der Waals surface area contributed by atoms with Crippen molar-refractivity contribution < 1.29 is 13.6 Å². The number of furan rings is 1. The number of hydrogen-bond acceptors (Lipinski definition) is 3. The minimum atomic E-state index is -0.384. The number of nitrogens with one attached hydrogen (secondary N) is 1. The van der Waals surface area contributed by atoms with Crippen LogP contribution in [0.4, 0.5) is 4.39 Å². The van der Waals surface area contributed by atoms with Gasteiger partial charge < -0.3 is 15.5 Å². The Kier molecular flexibility index (Phi) is 4.53. The maximum absolute atomic E-state index is 13.6. The fourth-order valence-electron chi connectivity index (χ4n) is 1.77. The first-order chi connectivity index (χ1) is 9.58. The van der Waals surface area contributed by atoms with Crippen LogP contribution >= 0.6 is 0 Å². The molecule has 1 amide bonds. The number of carbonyl (C=O) groups is 1. The van der Waals surface area contributed by atoms with Gasteiger partial charge in [-0.25, -0.2) is 4.39 Å². The summed E-state index contributed by atoms with van der Waals surface area (Å²) in [4.78, 5) is 11.8. The largest absolute Gasteiger partial charge is 0.451 e. The van der Waals surface area contributed by atoms with Gasteiger partial charge in [0.25, 0.3) is 5.91 Å². The van der Waals surface area contributed by atoms with Crippen LogP contribution in [0.2, 0.25) is 0 Å². The number of nitrogens with two attached hydrogens (primary N) is 1. The van der Waals surface area contributed by atoms with Crippen LogP contribution in [0.15, 0.2) is 40.8 Å². The number of benzene rings is 1. The van der Waals surface area contributed by atoms with Crippen LogP contribution in [0.5, 0.6) is 0 Å². The van der Waals surface area contributed by atoms with E-state index in [2.05, 4.69) is 5.32 Å². The van der Waals surface area contributed by atoms with Gasteiger partial charge >= 0.3 is 0 Å². The molecule has 0 saturated carbocycles. The highest BCUT2D eigenvalue weighted by Gasteiger charge is 2.13. The van der Waals surface area contributed by atoms with Crippen LogP contribution in [0.3, 0.4) is 0 Å². The van der Waals surface area contributed by atoms with Crippen LogP contribution < -0.4 is 11.1 Å². The van der Waals surface area contributed by atoms with E-state index in [0.29, 0.717) is 24.3 Å². The van der Waals surface area contributed by atoms with Crippen molar-refractivity contribution in [2.75, 3.05) is 6.54 Å². The maximum Gasteiger partial charge on any atom is 0.287 e. The van der Waals surface area contributed by atoms with Gasteiger partial charge in [-0.05, 0) is 37.6 Å². The topological polar surface area (TPSA) is 68.3 Å². The summed E-state index contributed by atoms with van der Waals surface area (Å²) in [6, 6.07) is 9.40. The highest BCUT2D eigenvalue weighted by atomic mass is 19.1. The molecule has 0 radical (unpaired) electrons. The van der Waals surface area contributed by atoms with Gasteiger partial charge in [0.2, 0.25) is 0 Å². The Hall–Kier alpha value is -2.14. The van der Waals surface area contributed by atoms with Crippen LogP contribution in [-0.2, 0) is 0 Å². The number of halogens is 1. The lowest BCUT2D eigenvalue weighted by Crippen LogP contribution is -2.28. The Bertz CT molecular complexity index is 593. The third-order valence-corrected chi connectivity index (χ3v) is 2.85. The lowest BCUT2D eigenvalue weighted by atomic mass is 10.1. The van der Waals surface area contributed by atoms with E-state index in [-0.39, 0.29) is 23.5 Å². The quantitative estimate of drug-likeness (QED) is 0.881. The second-order valence-electron chi connectivity index (χ2n) is 4.67. The highest BCUT2D eigenvalue weighted by Crippen LogP contribution is 2.24. The van der Waals surface area contributed by atoms with Crippen molar-refractivity contribution in [1.82, 2.24) is 5.32 Å². The van der Waals surface area contributed by atoms with E-state index in [9.17, 15) is 9.18 Å². The zero-order chi connectivity index (χ0) is 14.5. The van der Waals surface area contributed by atoms with Gasteiger partial charge in [0.05, 0.1) is 5.56 Å². The third-order valence-electron chi connectivity index (χ3n) is 2.85. The highest BCUT2D eigenvalue weighted by molar-refractivity contribution is 5.92. The van der Waals surface area contributed by atoms with Crippen molar-refractivity contribution in [3.05, 3.63) is 48.0 Å². The SMILES string of the molecule is CC(N)CCNC(=O)c1ccc(-c2ccccc2F)o1. The average Bonchev–Trinajstić information content (AvgIpc) is 2.88. The summed E-state index contributed by atoms with van der Waals surface area (Å²) in [6.45, 7) is 2.35. The van der Waals surface area contributed by atoms with E-state index in [1.165, 1.54) is 12.1 Å². The molecule has 1 atom stereocenters. The lowest BCUT2D eigenvalue weighted by Gasteiger charge is -2.05. The van der Waals surface area contributed by atoms with Gasteiger partial charge in [-0.3, -0.25) is 4.79 Å². The molecule has 0 aliphatic rings. The first kappa shape index (κ1) is 14.3. The van der Waals surface area contributed by atoms with Gasteiger partial charge in [-0.1, -0.05) is 12.1 Å². The summed E-state index contributed by atoms with van der Waals surface area (Å²) < 4.78 is 19.0. The van der Waals surface area contributed by atoms with Crippen molar-refractivity contribution in [2.45, 2.75) is 19.4 Å². The summed E-state index contributed by atoms with van der Waals surface area (Å²) in [7, 11) is 0. The minimum Gasteiger partial charge on any atom is -0.451 e.